The van der Waals surface area contributed by atoms with Gasteiger partial charge < -0.3 is 5.32 Å². The summed E-state index contributed by atoms with van der Waals surface area (Å²) in [6, 6.07) is 5.03. The smallest absolute Gasteiger partial charge is 0.0278 e. The molecule has 0 radical (unpaired) electrons. The highest BCUT2D eigenvalue weighted by Gasteiger charge is 2.41. The summed E-state index contributed by atoms with van der Waals surface area (Å²) in [5.41, 5.74) is 1.67. The zero-order valence-electron chi connectivity index (χ0n) is 12.1. The zero-order chi connectivity index (χ0) is 13.3. The molecule has 1 aliphatic heterocycles. The van der Waals surface area contributed by atoms with Gasteiger partial charge in [0.1, 0.15) is 0 Å². The maximum Gasteiger partial charge on any atom is 0.0278 e. The first-order valence-electron chi connectivity index (χ1n) is 7.58. The van der Waals surface area contributed by atoms with Gasteiger partial charge in [0.25, 0.3) is 0 Å². The summed E-state index contributed by atoms with van der Waals surface area (Å²) in [5, 5.41) is 3.78. The number of pyridine rings is 1. The van der Waals surface area contributed by atoms with Crippen molar-refractivity contribution in [1.29, 1.82) is 0 Å². The normalized spacial score (nSPS) is 32.4. The van der Waals surface area contributed by atoms with E-state index in [4.69, 9.17) is 0 Å². The van der Waals surface area contributed by atoms with Crippen LogP contribution in [0.5, 0.6) is 0 Å². The first-order valence-corrected chi connectivity index (χ1v) is 7.58. The van der Waals surface area contributed by atoms with Gasteiger partial charge in [-0.25, -0.2) is 0 Å². The molecular weight excluding hydrogens is 234 g/mol. The Kier molecular flexibility index (Phi) is 3.59. The highest BCUT2D eigenvalue weighted by Crippen LogP contribution is 2.38. The van der Waals surface area contributed by atoms with Crippen LogP contribution in [0.15, 0.2) is 24.5 Å². The predicted octanol–water partition coefficient (Wildman–Crippen LogP) is 2.43. The largest absolute Gasteiger partial charge is 0.309 e. The molecule has 0 spiro atoms. The van der Waals surface area contributed by atoms with Crippen LogP contribution in [0.2, 0.25) is 0 Å². The minimum atomic E-state index is 0.276. The quantitative estimate of drug-likeness (QED) is 0.900. The van der Waals surface area contributed by atoms with Gasteiger partial charge in [0.05, 0.1) is 0 Å². The molecule has 1 saturated heterocycles. The fourth-order valence-corrected chi connectivity index (χ4v) is 3.18. The van der Waals surface area contributed by atoms with Crippen LogP contribution < -0.4 is 5.32 Å². The lowest BCUT2D eigenvalue weighted by molar-refractivity contribution is 0.0662. The summed E-state index contributed by atoms with van der Waals surface area (Å²) >= 11 is 0. The van der Waals surface area contributed by atoms with Crippen molar-refractivity contribution in [2.75, 3.05) is 13.1 Å². The van der Waals surface area contributed by atoms with Crippen LogP contribution in [0.1, 0.15) is 38.7 Å². The maximum absolute atomic E-state index is 4.12. The molecule has 2 heterocycles. The molecule has 2 aliphatic rings. The Morgan fingerprint density at radius 3 is 2.74 bits per heavy atom. The predicted molar refractivity (Wildman–Crippen MR) is 77.9 cm³/mol. The lowest BCUT2D eigenvalue weighted by Crippen LogP contribution is -2.62. The summed E-state index contributed by atoms with van der Waals surface area (Å²) in [6.07, 6.45) is 7.84. The molecular formula is C16H25N3. The van der Waals surface area contributed by atoms with Crippen molar-refractivity contribution < 1.29 is 0 Å². The molecule has 2 unspecified atom stereocenters. The van der Waals surface area contributed by atoms with E-state index in [1.54, 1.807) is 0 Å². The Morgan fingerprint density at radius 2 is 2.11 bits per heavy atom. The van der Waals surface area contributed by atoms with E-state index in [0.717, 1.165) is 31.6 Å². The van der Waals surface area contributed by atoms with E-state index in [0.29, 0.717) is 0 Å². The molecule has 0 bridgehead atoms. The van der Waals surface area contributed by atoms with E-state index in [1.165, 1.54) is 24.8 Å². The fraction of sp³-hybridized carbons (Fsp3) is 0.688. The van der Waals surface area contributed by atoms with Crippen LogP contribution in [0.25, 0.3) is 0 Å². The van der Waals surface area contributed by atoms with Crippen LogP contribution in [0.4, 0.5) is 0 Å². The third-order valence-electron chi connectivity index (χ3n) is 4.84. The van der Waals surface area contributed by atoms with Crippen LogP contribution >= 0.6 is 0 Å². The molecule has 0 aromatic carbocycles. The highest BCUT2D eigenvalue weighted by atomic mass is 15.3. The van der Waals surface area contributed by atoms with E-state index in [-0.39, 0.29) is 5.54 Å². The minimum Gasteiger partial charge on any atom is -0.309 e. The molecule has 19 heavy (non-hydrogen) atoms. The molecule has 1 aliphatic carbocycles. The van der Waals surface area contributed by atoms with E-state index < -0.39 is 0 Å². The molecule has 104 valence electrons. The summed E-state index contributed by atoms with van der Waals surface area (Å²) in [4.78, 5) is 6.82. The molecule has 1 aromatic heterocycles. The van der Waals surface area contributed by atoms with Crippen LogP contribution in [-0.4, -0.2) is 34.6 Å². The Morgan fingerprint density at radius 1 is 1.37 bits per heavy atom. The Labute approximate surface area is 116 Å². The lowest BCUT2D eigenvalue weighted by atomic mass is 9.92. The van der Waals surface area contributed by atoms with Crippen LogP contribution in [-0.2, 0) is 6.54 Å². The average molecular weight is 259 g/mol. The maximum atomic E-state index is 4.12. The van der Waals surface area contributed by atoms with Gasteiger partial charge in [-0.15, -0.1) is 0 Å². The standard InChI is InChI=1S/C16H25N3/c1-3-16(2)12-19(11-13-6-8-17-9-7-13)15(10-18-16)14-4-5-14/h6-9,14-15,18H,3-5,10-12H2,1-2H3. The summed E-state index contributed by atoms with van der Waals surface area (Å²) in [7, 11) is 0. The van der Waals surface area contributed by atoms with Gasteiger partial charge >= 0.3 is 0 Å². The molecule has 1 saturated carbocycles. The molecule has 3 heteroatoms. The van der Waals surface area contributed by atoms with E-state index in [9.17, 15) is 0 Å². The molecule has 0 amide bonds. The minimum absolute atomic E-state index is 0.276. The number of aromatic nitrogens is 1. The third-order valence-corrected chi connectivity index (χ3v) is 4.84. The monoisotopic (exact) mass is 259 g/mol. The molecule has 2 atom stereocenters. The first-order chi connectivity index (χ1) is 9.20. The second-order valence-electron chi connectivity index (χ2n) is 6.46. The molecule has 1 aromatic rings. The van der Waals surface area contributed by atoms with Crippen molar-refractivity contribution >= 4 is 0 Å². The number of rotatable bonds is 4. The van der Waals surface area contributed by atoms with Gasteiger partial charge in [0, 0.05) is 43.6 Å². The first kappa shape index (κ1) is 13.1. The molecule has 1 N–H and O–H groups in total. The van der Waals surface area contributed by atoms with Crippen molar-refractivity contribution in [3.05, 3.63) is 30.1 Å². The van der Waals surface area contributed by atoms with Gasteiger partial charge in [-0.1, -0.05) is 6.92 Å². The van der Waals surface area contributed by atoms with Crippen molar-refractivity contribution in [2.45, 2.75) is 51.2 Å². The van der Waals surface area contributed by atoms with Gasteiger partial charge in [-0.2, -0.15) is 0 Å². The molecule has 3 rings (SSSR count). The molecule has 2 fully saturated rings. The van der Waals surface area contributed by atoms with Gasteiger partial charge in [-0.05, 0) is 49.8 Å². The second kappa shape index (κ2) is 5.22. The fourth-order valence-electron chi connectivity index (χ4n) is 3.18. The van der Waals surface area contributed by atoms with Crippen LogP contribution in [0, 0.1) is 5.92 Å². The molecule has 3 nitrogen and oxygen atoms in total. The number of piperazine rings is 1. The second-order valence-corrected chi connectivity index (χ2v) is 6.46. The van der Waals surface area contributed by atoms with Crippen LogP contribution in [0.3, 0.4) is 0 Å². The Hall–Kier alpha value is -0.930. The van der Waals surface area contributed by atoms with Crippen molar-refractivity contribution in [2.24, 2.45) is 5.92 Å². The average Bonchev–Trinajstić information content (AvgIpc) is 3.25. The summed E-state index contributed by atoms with van der Waals surface area (Å²) in [5.74, 6) is 0.927. The van der Waals surface area contributed by atoms with Gasteiger partial charge in [0.2, 0.25) is 0 Å². The topological polar surface area (TPSA) is 28.2 Å². The van der Waals surface area contributed by atoms with E-state index in [2.05, 4.69) is 41.2 Å². The summed E-state index contributed by atoms with van der Waals surface area (Å²) < 4.78 is 0. The van der Waals surface area contributed by atoms with Gasteiger partial charge in [0.15, 0.2) is 0 Å². The van der Waals surface area contributed by atoms with Crippen molar-refractivity contribution in [1.82, 2.24) is 15.2 Å². The van der Waals surface area contributed by atoms with E-state index in [1.807, 2.05) is 12.4 Å². The highest BCUT2D eigenvalue weighted by molar-refractivity contribution is 5.11. The Bertz CT molecular complexity index is 415. The van der Waals surface area contributed by atoms with Gasteiger partial charge in [-0.3, -0.25) is 9.88 Å². The summed E-state index contributed by atoms with van der Waals surface area (Å²) in [6.45, 7) is 8.03. The zero-order valence-corrected chi connectivity index (χ0v) is 12.1. The van der Waals surface area contributed by atoms with Crippen molar-refractivity contribution in [3.8, 4) is 0 Å². The lowest BCUT2D eigenvalue weighted by Gasteiger charge is -2.46. The number of nitrogens with one attached hydrogen (secondary N) is 1. The Balaban J connectivity index is 1.73. The SMILES string of the molecule is CCC1(C)CN(Cc2ccncc2)C(C2CC2)CN1. The third kappa shape index (κ3) is 2.98. The van der Waals surface area contributed by atoms with E-state index >= 15 is 0 Å². The number of nitrogens with zero attached hydrogens (tertiary/aromatic N) is 2. The number of hydrogen-bond donors (Lipinski definition) is 1. The van der Waals surface area contributed by atoms with Crippen molar-refractivity contribution in [3.63, 3.8) is 0 Å². The number of hydrogen-bond acceptors (Lipinski definition) is 3.